The molecule has 27 heavy (non-hydrogen) atoms. The molecule has 1 amide bonds. The van der Waals surface area contributed by atoms with Gasteiger partial charge in [-0.1, -0.05) is 40.5 Å². The van der Waals surface area contributed by atoms with Gasteiger partial charge in [-0.05, 0) is 42.3 Å². The molecule has 0 atom stereocenters. The lowest BCUT2D eigenvalue weighted by molar-refractivity contribution is 0.102. The maximum absolute atomic E-state index is 13.9. The van der Waals surface area contributed by atoms with E-state index in [-0.39, 0.29) is 18.0 Å². The van der Waals surface area contributed by atoms with Gasteiger partial charge in [-0.2, -0.15) is 0 Å². The van der Waals surface area contributed by atoms with Crippen LogP contribution in [-0.2, 0) is 13.2 Å². The minimum absolute atomic E-state index is 0.0371. The SMILES string of the molecule is Cc1c(C(=O)Nc2cc(CO)ccc2F)nnn1Cc1ccc(Cl)c(Cl)c1. The maximum atomic E-state index is 13.9. The molecular weight excluding hydrogens is 394 g/mol. The van der Waals surface area contributed by atoms with Gasteiger partial charge in [0.15, 0.2) is 5.69 Å². The predicted octanol–water partition coefficient (Wildman–Crippen LogP) is 3.83. The number of rotatable bonds is 5. The molecule has 0 radical (unpaired) electrons. The van der Waals surface area contributed by atoms with E-state index in [2.05, 4.69) is 15.6 Å². The summed E-state index contributed by atoms with van der Waals surface area (Å²) >= 11 is 11.9. The van der Waals surface area contributed by atoms with Crippen molar-refractivity contribution in [3.63, 3.8) is 0 Å². The lowest BCUT2D eigenvalue weighted by Gasteiger charge is -2.08. The van der Waals surface area contributed by atoms with Crippen molar-refractivity contribution in [2.45, 2.75) is 20.1 Å². The summed E-state index contributed by atoms with van der Waals surface area (Å²) in [6.07, 6.45) is 0. The van der Waals surface area contributed by atoms with Crippen molar-refractivity contribution in [1.82, 2.24) is 15.0 Å². The number of anilines is 1. The van der Waals surface area contributed by atoms with Gasteiger partial charge < -0.3 is 10.4 Å². The van der Waals surface area contributed by atoms with Gasteiger partial charge in [0, 0.05) is 0 Å². The Hall–Kier alpha value is -2.48. The van der Waals surface area contributed by atoms with E-state index in [4.69, 9.17) is 28.3 Å². The Morgan fingerprint density at radius 2 is 1.93 bits per heavy atom. The fourth-order valence-electron chi connectivity index (χ4n) is 2.48. The van der Waals surface area contributed by atoms with Crippen LogP contribution in [0.4, 0.5) is 10.1 Å². The van der Waals surface area contributed by atoms with E-state index in [9.17, 15) is 9.18 Å². The monoisotopic (exact) mass is 408 g/mol. The van der Waals surface area contributed by atoms with Crippen LogP contribution in [0.2, 0.25) is 10.0 Å². The van der Waals surface area contributed by atoms with Crippen LogP contribution in [0.1, 0.15) is 27.3 Å². The third-order valence-corrected chi connectivity index (χ3v) is 4.71. The highest BCUT2D eigenvalue weighted by Crippen LogP contribution is 2.23. The number of nitrogens with one attached hydrogen (secondary N) is 1. The smallest absolute Gasteiger partial charge is 0.278 e. The summed E-state index contributed by atoms with van der Waals surface area (Å²) < 4.78 is 15.4. The van der Waals surface area contributed by atoms with Crippen molar-refractivity contribution in [1.29, 1.82) is 0 Å². The van der Waals surface area contributed by atoms with Gasteiger partial charge in [-0.25, -0.2) is 9.07 Å². The van der Waals surface area contributed by atoms with Crippen LogP contribution in [0.15, 0.2) is 36.4 Å². The van der Waals surface area contributed by atoms with Crippen molar-refractivity contribution in [3.05, 3.63) is 74.8 Å². The van der Waals surface area contributed by atoms with Gasteiger partial charge in [-0.3, -0.25) is 4.79 Å². The summed E-state index contributed by atoms with van der Waals surface area (Å²) in [5.41, 5.74) is 1.86. The second kappa shape index (κ2) is 8.04. The number of aliphatic hydroxyl groups excluding tert-OH is 1. The third-order valence-electron chi connectivity index (χ3n) is 3.98. The van der Waals surface area contributed by atoms with Crippen molar-refractivity contribution < 1.29 is 14.3 Å². The Morgan fingerprint density at radius 1 is 1.19 bits per heavy atom. The molecule has 2 N–H and O–H groups in total. The molecule has 6 nitrogen and oxygen atoms in total. The maximum Gasteiger partial charge on any atom is 0.278 e. The van der Waals surface area contributed by atoms with Crippen LogP contribution in [0.25, 0.3) is 0 Å². The summed E-state index contributed by atoms with van der Waals surface area (Å²) in [6, 6.07) is 9.16. The molecule has 0 fully saturated rings. The van der Waals surface area contributed by atoms with Crippen molar-refractivity contribution in [2.24, 2.45) is 0 Å². The molecule has 1 heterocycles. The molecular formula is C18H15Cl2FN4O2. The van der Waals surface area contributed by atoms with Gasteiger partial charge in [0.25, 0.3) is 5.91 Å². The Bertz CT molecular complexity index is 1010. The Labute approximate surface area is 164 Å². The average Bonchev–Trinajstić information content (AvgIpc) is 3.00. The first-order chi connectivity index (χ1) is 12.9. The second-order valence-corrected chi connectivity index (χ2v) is 6.67. The standard InChI is InChI=1S/C18H15Cl2FN4O2/c1-10-17(18(27)22-16-7-12(9-26)3-5-15(16)21)23-24-25(10)8-11-2-4-13(19)14(20)6-11/h2-7,26H,8-9H2,1H3,(H,22,27). The highest BCUT2D eigenvalue weighted by atomic mass is 35.5. The summed E-state index contributed by atoms with van der Waals surface area (Å²) in [6.45, 7) is 1.77. The number of aliphatic hydroxyl groups is 1. The summed E-state index contributed by atoms with van der Waals surface area (Å²) in [5.74, 6) is -1.21. The van der Waals surface area contributed by atoms with Crippen LogP contribution in [0.5, 0.6) is 0 Å². The first-order valence-corrected chi connectivity index (χ1v) is 8.69. The number of carbonyl (C=O) groups excluding carboxylic acids is 1. The van der Waals surface area contributed by atoms with Crippen LogP contribution in [0, 0.1) is 12.7 Å². The van der Waals surface area contributed by atoms with E-state index < -0.39 is 11.7 Å². The number of halogens is 3. The van der Waals surface area contributed by atoms with E-state index in [0.717, 1.165) is 5.56 Å². The molecule has 1 aromatic heterocycles. The van der Waals surface area contributed by atoms with Gasteiger partial charge >= 0.3 is 0 Å². The van der Waals surface area contributed by atoms with Crippen LogP contribution in [0.3, 0.4) is 0 Å². The number of carbonyl (C=O) groups is 1. The van der Waals surface area contributed by atoms with Crippen molar-refractivity contribution >= 4 is 34.8 Å². The second-order valence-electron chi connectivity index (χ2n) is 5.86. The van der Waals surface area contributed by atoms with Crippen molar-refractivity contribution in [2.75, 3.05) is 5.32 Å². The molecule has 140 valence electrons. The molecule has 0 aliphatic carbocycles. The fourth-order valence-corrected chi connectivity index (χ4v) is 2.80. The molecule has 3 aromatic rings. The van der Waals surface area contributed by atoms with Gasteiger partial charge in [0.2, 0.25) is 0 Å². The molecule has 0 bridgehead atoms. The number of amides is 1. The molecule has 0 saturated carbocycles. The topological polar surface area (TPSA) is 80.0 Å². The van der Waals surface area contributed by atoms with Gasteiger partial charge in [-0.15, -0.1) is 5.10 Å². The third kappa shape index (κ3) is 4.27. The Kier molecular flexibility index (Phi) is 5.74. The summed E-state index contributed by atoms with van der Waals surface area (Å²) in [7, 11) is 0. The summed E-state index contributed by atoms with van der Waals surface area (Å²) in [5, 5.41) is 20.3. The number of benzene rings is 2. The minimum Gasteiger partial charge on any atom is -0.392 e. The van der Waals surface area contributed by atoms with E-state index in [0.29, 0.717) is 27.8 Å². The van der Waals surface area contributed by atoms with Gasteiger partial charge in [0.05, 0.1) is 34.6 Å². The average molecular weight is 409 g/mol. The van der Waals surface area contributed by atoms with E-state index in [1.54, 1.807) is 25.1 Å². The van der Waals surface area contributed by atoms with Crippen LogP contribution < -0.4 is 5.32 Å². The molecule has 2 aromatic carbocycles. The lowest BCUT2D eigenvalue weighted by Crippen LogP contribution is -2.15. The lowest BCUT2D eigenvalue weighted by atomic mass is 10.2. The predicted molar refractivity (Wildman–Crippen MR) is 101 cm³/mol. The molecule has 0 aliphatic rings. The zero-order valence-electron chi connectivity index (χ0n) is 14.2. The largest absolute Gasteiger partial charge is 0.392 e. The van der Waals surface area contributed by atoms with E-state index >= 15 is 0 Å². The molecule has 0 spiro atoms. The molecule has 9 heteroatoms. The van der Waals surface area contributed by atoms with E-state index in [1.807, 2.05) is 0 Å². The highest BCUT2D eigenvalue weighted by Gasteiger charge is 2.18. The highest BCUT2D eigenvalue weighted by molar-refractivity contribution is 6.42. The fraction of sp³-hybridized carbons (Fsp3) is 0.167. The number of hydrogen-bond donors (Lipinski definition) is 2. The normalized spacial score (nSPS) is 10.9. The van der Waals surface area contributed by atoms with Crippen molar-refractivity contribution in [3.8, 4) is 0 Å². The number of aromatic nitrogens is 3. The van der Waals surface area contributed by atoms with Crippen LogP contribution in [-0.4, -0.2) is 26.0 Å². The Balaban J connectivity index is 1.80. The number of nitrogens with zero attached hydrogens (tertiary/aromatic N) is 3. The summed E-state index contributed by atoms with van der Waals surface area (Å²) in [4.78, 5) is 12.5. The first kappa shape index (κ1) is 19.3. The zero-order chi connectivity index (χ0) is 19.6. The number of hydrogen-bond acceptors (Lipinski definition) is 4. The minimum atomic E-state index is -0.610. The van der Waals surface area contributed by atoms with Crippen LogP contribution >= 0.6 is 23.2 Å². The van der Waals surface area contributed by atoms with E-state index in [1.165, 1.54) is 22.9 Å². The zero-order valence-corrected chi connectivity index (χ0v) is 15.7. The molecule has 3 rings (SSSR count). The molecule has 0 saturated heterocycles. The Morgan fingerprint density at radius 3 is 2.63 bits per heavy atom. The first-order valence-electron chi connectivity index (χ1n) is 7.93. The van der Waals surface area contributed by atoms with Gasteiger partial charge in [0.1, 0.15) is 5.82 Å². The molecule has 0 unspecified atom stereocenters. The molecule has 0 aliphatic heterocycles. The quantitative estimate of drug-likeness (QED) is 0.672.